The number of rotatable bonds is 1. The van der Waals surface area contributed by atoms with Crippen molar-refractivity contribution >= 4 is 17.2 Å². The lowest BCUT2D eigenvalue weighted by atomic mass is 10.1. The number of aldehydes is 1. The lowest BCUT2D eigenvalue weighted by Crippen LogP contribution is -1.80. The number of fused-ring (bicyclic) bond motifs is 3. The summed E-state index contributed by atoms with van der Waals surface area (Å²) < 4.78 is 0. The molecule has 0 radical (unpaired) electrons. The van der Waals surface area contributed by atoms with Gasteiger partial charge in [-0.25, -0.2) is 0 Å². The van der Waals surface area contributed by atoms with E-state index in [9.17, 15) is 4.79 Å². The first-order chi connectivity index (χ1) is 6.88. The van der Waals surface area contributed by atoms with Crippen LogP contribution >= 0.6 is 0 Å². The molecule has 1 N–H and O–H groups in total. The number of hydrogen-bond donors (Lipinski definition) is 1. The van der Waals surface area contributed by atoms with Gasteiger partial charge in [-0.15, -0.1) is 0 Å². The van der Waals surface area contributed by atoms with Crippen molar-refractivity contribution in [2.24, 2.45) is 0 Å². The maximum Gasteiger partial charge on any atom is 0.150 e. The van der Waals surface area contributed by atoms with Crippen LogP contribution in [0.1, 0.15) is 28.0 Å². The van der Waals surface area contributed by atoms with Gasteiger partial charge in [0, 0.05) is 22.2 Å². The average molecular weight is 185 g/mol. The van der Waals surface area contributed by atoms with Gasteiger partial charge in [-0.1, -0.05) is 0 Å². The zero-order chi connectivity index (χ0) is 9.54. The fourth-order valence-electron chi connectivity index (χ4n) is 2.34. The first kappa shape index (κ1) is 7.80. The van der Waals surface area contributed by atoms with Crippen LogP contribution in [0.25, 0.3) is 10.9 Å². The minimum atomic E-state index is 0.770. The third kappa shape index (κ3) is 0.939. The molecule has 0 bridgehead atoms. The van der Waals surface area contributed by atoms with Gasteiger partial charge in [0.25, 0.3) is 0 Å². The monoisotopic (exact) mass is 185 g/mol. The van der Waals surface area contributed by atoms with Gasteiger partial charge >= 0.3 is 0 Å². The van der Waals surface area contributed by atoms with E-state index in [1.165, 1.54) is 28.6 Å². The molecule has 0 fully saturated rings. The number of aryl methyl sites for hydroxylation is 2. The molecule has 0 saturated heterocycles. The van der Waals surface area contributed by atoms with E-state index in [0.29, 0.717) is 0 Å². The van der Waals surface area contributed by atoms with Crippen molar-refractivity contribution in [1.29, 1.82) is 0 Å². The fourth-order valence-corrected chi connectivity index (χ4v) is 2.34. The van der Waals surface area contributed by atoms with Crippen molar-refractivity contribution in [3.05, 3.63) is 35.0 Å². The summed E-state index contributed by atoms with van der Waals surface area (Å²) in [6.45, 7) is 0. The molecule has 0 atom stereocenters. The Hall–Kier alpha value is -1.57. The molecule has 0 aliphatic heterocycles. The van der Waals surface area contributed by atoms with Gasteiger partial charge in [0.1, 0.15) is 6.29 Å². The predicted octanol–water partition coefficient (Wildman–Crippen LogP) is 2.47. The maximum atomic E-state index is 10.7. The first-order valence-corrected chi connectivity index (χ1v) is 4.97. The summed E-state index contributed by atoms with van der Waals surface area (Å²) in [5.74, 6) is 0. The van der Waals surface area contributed by atoms with E-state index in [2.05, 4.69) is 4.98 Å². The van der Waals surface area contributed by atoms with Crippen LogP contribution in [0.15, 0.2) is 18.2 Å². The van der Waals surface area contributed by atoms with Crippen LogP contribution in [0.5, 0.6) is 0 Å². The molecule has 2 heteroatoms. The second-order valence-electron chi connectivity index (χ2n) is 3.86. The SMILES string of the molecule is O=Cc1ccc2[nH]c3c(c2c1)CCC3. The van der Waals surface area contributed by atoms with Crippen molar-refractivity contribution < 1.29 is 4.79 Å². The Balaban J connectivity index is 2.34. The van der Waals surface area contributed by atoms with Crippen molar-refractivity contribution in [1.82, 2.24) is 4.98 Å². The van der Waals surface area contributed by atoms with Gasteiger partial charge in [-0.05, 0) is 43.0 Å². The van der Waals surface area contributed by atoms with Crippen LogP contribution in [0, 0.1) is 0 Å². The Morgan fingerprint density at radius 1 is 1.29 bits per heavy atom. The lowest BCUT2D eigenvalue weighted by Gasteiger charge is -1.94. The molecule has 1 aliphatic rings. The molecule has 0 unspecified atom stereocenters. The van der Waals surface area contributed by atoms with E-state index >= 15 is 0 Å². The van der Waals surface area contributed by atoms with Crippen LogP contribution in [-0.4, -0.2) is 11.3 Å². The first-order valence-electron chi connectivity index (χ1n) is 4.97. The molecule has 14 heavy (non-hydrogen) atoms. The normalized spacial score (nSPS) is 14.6. The van der Waals surface area contributed by atoms with Crippen molar-refractivity contribution in [3.63, 3.8) is 0 Å². The van der Waals surface area contributed by atoms with Crippen molar-refractivity contribution in [3.8, 4) is 0 Å². The summed E-state index contributed by atoms with van der Waals surface area (Å²) in [6, 6.07) is 5.85. The molecule has 0 saturated carbocycles. The highest BCUT2D eigenvalue weighted by Crippen LogP contribution is 2.30. The summed E-state index contributed by atoms with van der Waals surface area (Å²) >= 11 is 0. The topological polar surface area (TPSA) is 32.9 Å². The summed E-state index contributed by atoms with van der Waals surface area (Å²) in [4.78, 5) is 14.1. The third-order valence-corrected chi connectivity index (χ3v) is 3.01. The van der Waals surface area contributed by atoms with E-state index in [0.717, 1.165) is 24.7 Å². The van der Waals surface area contributed by atoms with Crippen LogP contribution in [0.2, 0.25) is 0 Å². The number of aromatic nitrogens is 1. The van der Waals surface area contributed by atoms with Gasteiger partial charge < -0.3 is 4.98 Å². The summed E-state index contributed by atoms with van der Waals surface area (Å²) in [5, 5.41) is 1.24. The van der Waals surface area contributed by atoms with Gasteiger partial charge in [-0.3, -0.25) is 4.79 Å². The quantitative estimate of drug-likeness (QED) is 0.680. The van der Waals surface area contributed by atoms with Gasteiger partial charge in [-0.2, -0.15) is 0 Å². The Bertz CT molecular complexity index is 510. The van der Waals surface area contributed by atoms with Crippen LogP contribution < -0.4 is 0 Å². The van der Waals surface area contributed by atoms with Gasteiger partial charge in [0.2, 0.25) is 0 Å². The molecule has 0 spiro atoms. The number of aromatic amines is 1. The largest absolute Gasteiger partial charge is 0.358 e. The second kappa shape index (κ2) is 2.71. The highest BCUT2D eigenvalue weighted by Gasteiger charge is 2.16. The molecule has 2 aromatic rings. The third-order valence-electron chi connectivity index (χ3n) is 3.01. The highest BCUT2D eigenvalue weighted by atomic mass is 16.1. The number of benzene rings is 1. The predicted molar refractivity (Wildman–Crippen MR) is 55.7 cm³/mol. The zero-order valence-corrected chi connectivity index (χ0v) is 7.84. The summed E-state index contributed by atoms with van der Waals surface area (Å²) in [6.07, 6.45) is 4.45. The zero-order valence-electron chi connectivity index (χ0n) is 7.84. The van der Waals surface area contributed by atoms with Crippen LogP contribution in [0.4, 0.5) is 0 Å². The Labute approximate surface area is 81.9 Å². The van der Waals surface area contributed by atoms with E-state index < -0.39 is 0 Å². The standard InChI is InChI=1S/C12H11NO/c14-7-8-4-5-12-10(6-8)9-2-1-3-11(9)13-12/h4-7,13H,1-3H2. The van der Waals surface area contributed by atoms with Gasteiger partial charge in [0.05, 0.1) is 0 Å². The van der Waals surface area contributed by atoms with E-state index in [-0.39, 0.29) is 0 Å². The second-order valence-corrected chi connectivity index (χ2v) is 3.86. The molecule has 1 heterocycles. The van der Waals surface area contributed by atoms with E-state index in [1.54, 1.807) is 0 Å². The Kier molecular flexibility index (Phi) is 1.51. The van der Waals surface area contributed by atoms with Gasteiger partial charge in [0.15, 0.2) is 0 Å². The molecule has 3 rings (SSSR count). The number of nitrogens with one attached hydrogen (secondary N) is 1. The Morgan fingerprint density at radius 3 is 3.07 bits per heavy atom. The van der Waals surface area contributed by atoms with E-state index in [4.69, 9.17) is 0 Å². The smallest absolute Gasteiger partial charge is 0.150 e. The number of carbonyl (C=O) groups excluding carboxylic acids is 1. The molecule has 1 aromatic carbocycles. The molecule has 1 aromatic heterocycles. The van der Waals surface area contributed by atoms with Crippen LogP contribution in [-0.2, 0) is 12.8 Å². The minimum Gasteiger partial charge on any atom is -0.358 e. The van der Waals surface area contributed by atoms with Crippen LogP contribution in [0.3, 0.4) is 0 Å². The van der Waals surface area contributed by atoms with Crippen molar-refractivity contribution in [2.45, 2.75) is 19.3 Å². The van der Waals surface area contributed by atoms with Crippen molar-refractivity contribution in [2.75, 3.05) is 0 Å². The number of H-pyrrole nitrogens is 1. The molecule has 0 amide bonds. The molecular weight excluding hydrogens is 174 g/mol. The molecular formula is C12H11NO. The molecule has 1 aliphatic carbocycles. The minimum absolute atomic E-state index is 0.770. The van der Waals surface area contributed by atoms with E-state index in [1.807, 2.05) is 18.2 Å². The average Bonchev–Trinajstić information content (AvgIpc) is 2.76. The lowest BCUT2D eigenvalue weighted by molar-refractivity contribution is 0.112. The highest BCUT2D eigenvalue weighted by molar-refractivity contribution is 5.90. The summed E-state index contributed by atoms with van der Waals surface area (Å²) in [5.41, 5.74) is 4.72. The Morgan fingerprint density at radius 2 is 2.21 bits per heavy atom. The summed E-state index contributed by atoms with van der Waals surface area (Å²) in [7, 11) is 0. The molecule has 70 valence electrons. The molecule has 2 nitrogen and oxygen atoms in total. The maximum absolute atomic E-state index is 10.7. The fraction of sp³-hybridized carbons (Fsp3) is 0.250. The number of carbonyl (C=O) groups is 1. The number of hydrogen-bond acceptors (Lipinski definition) is 1.